The second-order valence-electron chi connectivity index (χ2n) is 12.5. The summed E-state index contributed by atoms with van der Waals surface area (Å²) < 4.78 is 0. The topological polar surface area (TPSA) is 56.3 Å². The Labute approximate surface area is 271 Å². The average molecular weight is 605 g/mol. The predicted octanol–water partition coefficient (Wildman–Crippen LogP) is 8.99. The Hall–Kier alpha value is -5.10. The lowest BCUT2D eigenvalue weighted by Crippen LogP contribution is -2.27. The minimum absolute atomic E-state index is 0.132. The van der Waals surface area contributed by atoms with E-state index >= 15 is 0 Å². The number of hydrogen-bond donors (Lipinski definition) is 2. The van der Waals surface area contributed by atoms with Crippen molar-refractivity contribution in [2.45, 2.75) is 37.8 Å². The molecule has 6 nitrogen and oxygen atoms in total. The van der Waals surface area contributed by atoms with Gasteiger partial charge in [-0.15, -0.1) is 0 Å². The van der Waals surface area contributed by atoms with Crippen LogP contribution in [0.25, 0.3) is 21.8 Å². The second kappa shape index (κ2) is 12.7. The fourth-order valence-corrected chi connectivity index (χ4v) is 7.26. The molecule has 2 aromatic heterocycles. The Balaban J connectivity index is 1.24. The lowest BCUT2D eigenvalue weighted by molar-refractivity contribution is 0.645. The molecule has 230 valence electrons. The third-order valence-electron chi connectivity index (χ3n) is 9.54. The highest BCUT2D eigenvalue weighted by molar-refractivity contribution is 5.94. The van der Waals surface area contributed by atoms with Gasteiger partial charge in [0.2, 0.25) is 0 Å². The maximum absolute atomic E-state index is 5.18. The molecule has 0 saturated carbocycles. The number of pyridine rings is 2. The number of hydrogen-bond acceptors (Lipinski definition) is 6. The van der Waals surface area contributed by atoms with Gasteiger partial charge in [-0.2, -0.15) is 0 Å². The number of nitrogens with zero attached hydrogens (tertiary/aromatic N) is 4. The van der Waals surface area contributed by atoms with Gasteiger partial charge in [-0.3, -0.25) is 0 Å². The van der Waals surface area contributed by atoms with Crippen LogP contribution in [0.1, 0.15) is 48.9 Å². The summed E-state index contributed by atoms with van der Waals surface area (Å²) in [6.45, 7) is 4.32. The van der Waals surface area contributed by atoms with Crippen molar-refractivity contribution in [2.24, 2.45) is 0 Å². The van der Waals surface area contributed by atoms with Crippen molar-refractivity contribution in [1.82, 2.24) is 9.97 Å². The van der Waals surface area contributed by atoms with Crippen LogP contribution in [0, 0.1) is 0 Å². The fourth-order valence-electron chi connectivity index (χ4n) is 7.26. The molecule has 0 amide bonds. The Morgan fingerprint density at radius 2 is 0.826 bits per heavy atom. The fraction of sp³-hybridized carbons (Fsp3) is 0.250. The molecule has 0 unspecified atom stereocenters. The molecule has 2 aliphatic rings. The smallest absolute Gasteiger partial charge is 0.129 e. The summed E-state index contributed by atoms with van der Waals surface area (Å²) >= 11 is 0. The summed E-state index contributed by atoms with van der Waals surface area (Å²) in [7, 11) is 0. The summed E-state index contributed by atoms with van der Waals surface area (Å²) in [5.74, 6) is 1.75. The van der Waals surface area contributed by atoms with Gasteiger partial charge in [-0.25, -0.2) is 9.97 Å². The molecule has 4 heterocycles. The van der Waals surface area contributed by atoms with Gasteiger partial charge < -0.3 is 20.4 Å². The third-order valence-corrected chi connectivity index (χ3v) is 9.54. The summed E-state index contributed by atoms with van der Waals surface area (Å²) in [6, 6.07) is 42.8. The standard InChI is InChI=1S/C40H40N6/c1-3-15-29(16-4-1)39(43-37-27-35(45-23-11-12-24-45)31-19-7-9-21-33(31)41-37)40(30-17-5-2-6-18-30)44-38-28-36(46-25-13-14-26-46)32-20-8-10-22-34(32)42-38/h1-10,15-22,27-28,39-40H,11-14,23-26H2,(H,41,43)(H,42,44)/t39-,40-/m1/s1. The second-order valence-corrected chi connectivity index (χ2v) is 12.5. The van der Waals surface area contributed by atoms with Crippen molar-refractivity contribution in [2.75, 3.05) is 46.6 Å². The zero-order valence-corrected chi connectivity index (χ0v) is 26.1. The van der Waals surface area contributed by atoms with Crippen LogP contribution in [0.15, 0.2) is 121 Å². The Kier molecular flexibility index (Phi) is 7.85. The summed E-state index contributed by atoms with van der Waals surface area (Å²) in [5.41, 5.74) is 6.90. The highest BCUT2D eigenvalue weighted by Gasteiger charge is 2.28. The molecule has 0 bridgehead atoms. The van der Waals surface area contributed by atoms with Crippen molar-refractivity contribution in [3.8, 4) is 0 Å². The number of para-hydroxylation sites is 2. The number of benzene rings is 4. The SMILES string of the molecule is c1ccc([C@@H](Nc2cc(N3CCCC3)c3ccccc3n2)[C@H](Nc2cc(N3CCCC3)c3ccccc3n2)c2ccccc2)cc1. The molecule has 2 N–H and O–H groups in total. The quantitative estimate of drug-likeness (QED) is 0.172. The van der Waals surface area contributed by atoms with E-state index in [0.717, 1.165) is 48.8 Å². The van der Waals surface area contributed by atoms with Gasteiger partial charge in [0.05, 0.1) is 23.1 Å². The number of rotatable bonds is 9. The van der Waals surface area contributed by atoms with Crippen LogP contribution in [0.3, 0.4) is 0 Å². The van der Waals surface area contributed by atoms with Crippen molar-refractivity contribution in [1.29, 1.82) is 0 Å². The molecule has 0 spiro atoms. The van der Waals surface area contributed by atoms with Crippen LogP contribution >= 0.6 is 0 Å². The zero-order chi connectivity index (χ0) is 30.7. The Morgan fingerprint density at radius 1 is 0.457 bits per heavy atom. The van der Waals surface area contributed by atoms with E-state index in [1.807, 2.05) is 0 Å². The van der Waals surface area contributed by atoms with Gasteiger partial charge in [0.25, 0.3) is 0 Å². The van der Waals surface area contributed by atoms with E-state index in [9.17, 15) is 0 Å². The molecular weight excluding hydrogens is 564 g/mol. The Bertz CT molecular complexity index is 1790. The van der Waals surface area contributed by atoms with E-state index in [0.29, 0.717) is 0 Å². The minimum atomic E-state index is -0.132. The first-order chi connectivity index (χ1) is 22.8. The van der Waals surface area contributed by atoms with E-state index in [1.54, 1.807) is 0 Å². The average Bonchev–Trinajstić information content (AvgIpc) is 3.86. The summed E-state index contributed by atoms with van der Waals surface area (Å²) in [4.78, 5) is 15.4. The van der Waals surface area contributed by atoms with Crippen molar-refractivity contribution >= 4 is 44.8 Å². The molecule has 46 heavy (non-hydrogen) atoms. The summed E-state index contributed by atoms with van der Waals surface area (Å²) in [5, 5.41) is 10.3. The molecule has 2 atom stereocenters. The molecule has 0 aliphatic carbocycles. The van der Waals surface area contributed by atoms with Crippen LogP contribution in [-0.4, -0.2) is 36.1 Å². The van der Waals surface area contributed by atoms with Crippen molar-refractivity contribution < 1.29 is 0 Å². The van der Waals surface area contributed by atoms with Gasteiger partial charge in [0.1, 0.15) is 11.6 Å². The number of anilines is 4. The predicted molar refractivity (Wildman–Crippen MR) is 192 cm³/mol. The van der Waals surface area contributed by atoms with Gasteiger partial charge in [-0.1, -0.05) is 97.1 Å². The van der Waals surface area contributed by atoms with Crippen molar-refractivity contribution in [3.05, 3.63) is 132 Å². The van der Waals surface area contributed by atoms with Gasteiger partial charge in [0, 0.05) is 60.5 Å². The largest absolute Gasteiger partial charge is 0.371 e. The van der Waals surface area contributed by atoms with Crippen LogP contribution in [-0.2, 0) is 0 Å². The molecular formula is C40H40N6. The maximum Gasteiger partial charge on any atom is 0.129 e. The normalized spacial score (nSPS) is 16.2. The molecule has 2 saturated heterocycles. The molecule has 6 heteroatoms. The highest BCUT2D eigenvalue weighted by Crippen LogP contribution is 2.39. The molecule has 2 fully saturated rings. The van der Waals surface area contributed by atoms with E-state index in [-0.39, 0.29) is 12.1 Å². The number of nitrogens with one attached hydrogen (secondary N) is 2. The van der Waals surface area contributed by atoms with Crippen LogP contribution in [0.2, 0.25) is 0 Å². The van der Waals surface area contributed by atoms with E-state index in [1.165, 1.54) is 59.0 Å². The highest BCUT2D eigenvalue weighted by atomic mass is 15.2. The first kappa shape index (κ1) is 28.4. The maximum atomic E-state index is 5.18. The van der Waals surface area contributed by atoms with Crippen LogP contribution in [0.4, 0.5) is 23.0 Å². The number of fused-ring (bicyclic) bond motifs is 2. The molecule has 0 radical (unpaired) electrons. The van der Waals surface area contributed by atoms with Gasteiger partial charge in [0.15, 0.2) is 0 Å². The first-order valence-electron chi connectivity index (χ1n) is 16.7. The van der Waals surface area contributed by atoms with E-state index < -0.39 is 0 Å². The molecule has 8 rings (SSSR count). The molecule has 6 aromatic rings. The molecule has 2 aliphatic heterocycles. The number of aromatic nitrogens is 2. The lowest BCUT2D eigenvalue weighted by Gasteiger charge is -2.32. The first-order valence-corrected chi connectivity index (χ1v) is 16.7. The lowest BCUT2D eigenvalue weighted by atomic mass is 9.93. The van der Waals surface area contributed by atoms with Crippen LogP contribution < -0.4 is 20.4 Å². The monoisotopic (exact) mass is 604 g/mol. The Morgan fingerprint density at radius 3 is 1.24 bits per heavy atom. The zero-order valence-electron chi connectivity index (χ0n) is 26.1. The van der Waals surface area contributed by atoms with Crippen molar-refractivity contribution in [3.63, 3.8) is 0 Å². The van der Waals surface area contributed by atoms with Gasteiger partial charge >= 0.3 is 0 Å². The third kappa shape index (κ3) is 5.71. The summed E-state index contributed by atoms with van der Waals surface area (Å²) in [6.07, 6.45) is 4.91. The van der Waals surface area contributed by atoms with E-state index in [2.05, 4.69) is 142 Å². The van der Waals surface area contributed by atoms with E-state index in [4.69, 9.17) is 9.97 Å². The van der Waals surface area contributed by atoms with Crippen LogP contribution in [0.5, 0.6) is 0 Å². The minimum Gasteiger partial charge on any atom is -0.371 e. The van der Waals surface area contributed by atoms with Gasteiger partial charge in [-0.05, 0) is 48.9 Å². The molecule has 4 aromatic carbocycles.